The zero-order valence-electron chi connectivity index (χ0n) is 6.97. The summed E-state index contributed by atoms with van der Waals surface area (Å²) in [6.45, 7) is 1.39. The Morgan fingerprint density at radius 2 is 1.69 bits per heavy atom. The van der Waals surface area contributed by atoms with Gasteiger partial charge in [-0.05, 0) is 44.3 Å². The molecule has 13 heavy (non-hydrogen) atoms. The molecule has 0 aliphatic carbocycles. The zero-order valence-corrected chi connectivity index (χ0v) is 10.1. The van der Waals surface area contributed by atoms with Gasteiger partial charge in [0.25, 0.3) is 3.49 Å². The molecule has 1 N–H and O–H groups in total. The Kier molecular flexibility index (Phi) is 3.15. The summed E-state index contributed by atoms with van der Waals surface area (Å²) in [4.78, 5) is 0. The molecule has 0 aliphatic heterocycles. The van der Waals surface area contributed by atoms with E-state index in [-0.39, 0.29) is 0 Å². The van der Waals surface area contributed by atoms with Crippen LogP contribution >= 0.6 is 31.9 Å². The summed E-state index contributed by atoms with van der Waals surface area (Å²) in [7, 11) is 0. The maximum atomic E-state index is 13.4. The van der Waals surface area contributed by atoms with Crippen LogP contribution in [0.15, 0.2) is 30.3 Å². The van der Waals surface area contributed by atoms with Gasteiger partial charge in [0, 0.05) is 0 Å². The molecule has 0 amide bonds. The number of alkyl halides is 3. The standard InChI is InChI=1S/C9H9Br2FO/c1-8(13,9(10,11)12)7-5-3-2-4-6-7/h2-6,13H,1H3. The molecule has 0 bridgehead atoms. The van der Waals surface area contributed by atoms with Crippen molar-refractivity contribution >= 4 is 31.9 Å². The molecule has 0 spiro atoms. The maximum Gasteiger partial charge on any atom is 0.251 e. The van der Waals surface area contributed by atoms with Crippen molar-refractivity contribution in [1.29, 1.82) is 0 Å². The van der Waals surface area contributed by atoms with Crippen molar-refractivity contribution in [3.63, 3.8) is 0 Å². The van der Waals surface area contributed by atoms with Gasteiger partial charge in [0.1, 0.15) is 5.60 Å². The molecule has 1 aromatic carbocycles. The van der Waals surface area contributed by atoms with Gasteiger partial charge in [-0.1, -0.05) is 30.3 Å². The lowest BCUT2D eigenvalue weighted by atomic mass is 9.98. The average Bonchev–Trinajstić information content (AvgIpc) is 2.04. The predicted octanol–water partition coefficient (Wildman–Crippen LogP) is 3.31. The van der Waals surface area contributed by atoms with Crippen LogP contribution in [0.1, 0.15) is 12.5 Å². The third kappa shape index (κ3) is 2.30. The molecule has 1 atom stereocenters. The number of aliphatic hydroxyl groups is 1. The first-order chi connectivity index (χ1) is 5.86. The van der Waals surface area contributed by atoms with Crippen molar-refractivity contribution in [1.82, 2.24) is 0 Å². The predicted molar refractivity (Wildman–Crippen MR) is 57.7 cm³/mol. The highest BCUT2D eigenvalue weighted by molar-refractivity contribution is 9.25. The summed E-state index contributed by atoms with van der Waals surface area (Å²) < 4.78 is 11.4. The fraction of sp³-hybridized carbons (Fsp3) is 0.333. The molecule has 1 nitrogen and oxygen atoms in total. The molecule has 4 heteroatoms. The molecular weight excluding hydrogens is 303 g/mol. The Bertz CT molecular complexity index is 279. The van der Waals surface area contributed by atoms with E-state index < -0.39 is 9.09 Å². The SMILES string of the molecule is CC(O)(c1ccccc1)C(F)(Br)Br. The van der Waals surface area contributed by atoms with Crippen molar-refractivity contribution in [3.05, 3.63) is 35.9 Å². The van der Waals surface area contributed by atoms with E-state index in [0.29, 0.717) is 5.56 Å². The first-order valence-electron chi connectivity index (χ1n) is 3.70. The Morgan fingerprint density at radius 3 is 2.08 bits per heavy atom. The average molecular weight is 312 g/mol. The molecular formula is C9H9Br2FO. The van der Waals surface area contributed by atoms with Crippen molar-refractivity contribution in [2.45, 2.75) is 16.0 Å². The van der Waals surface area contributed by atoms with Crippen LogP contribution < -0.4 is 0 Å². The highest BCUT2D eigenvalue weighted by atomic mass is 79.9. The third-order valence-corrected chi connectivity index (χ3v) is 3.43. The molecule has 0 saturated heterocycles. The molecule has 0 radical (unpaired) electrons. The number of hydrogen-bond acceptors (Lipinski definition) is 1. The number of benzene rings is 1. The van der Waals surface area contributed by atoms with E-state index in [0.717, 1.165) is 0 Å². The van der Waals surface area contributed by atoms with Crippen LogP contribution in [0, 0.1) is 0 Å². The minimum absolute atomic E-state index is 0.506. The van der Waals surface area contributed by atoms with Crippen molar-refractivity contribution < 1.29 is 9.50 Å². The smallest absolute Gasteiger partial charge is 0.251 e. The summed E-state index contributed by atoms with van der Waals surface area (Å²) in [6, 6.07) is 8.63. The van der Waals surface area contributed by atoms with Gasteiger partial charge in [0.2, 0.25) is 0 Å². The van der Waals surface area contributed by atoms with Crippen LogP contribution in [-0.2, 0) is 5.60 Å². The summed E-state index contributed by atoms with van der Waals surface area (Å²) in [5.41, 5.74) is -1.10. The molecule has 1 rings (SSSR count). The van der Waals surface area contributed by atoms with Gasteiger partial charge in [-0.2, -0.15) is 0 Å². The normalized spacial score (nSPS) is 16.7. The Balaban J connectivity index is 3.08. The first-order valence-corrected chi connectivity index (χ1v) is 5.29. The number of hydrogen-bond donors (Lipinski definition) is 1. The lowest BCUT2D eigenvalue weighted by Crippen LogP contribution is -2.36. The number of rotatable bonds is 2. The third-order valence-electron chi connectivity index (χ3n) is 1.89. The lowest BCUT2D eigenvalue weighted by Gasteiger charge is -2.30. The van der Waals surface area contributed by atoms with E-state index >= 15 is 0 Å². The van der Waals surface area contributed by atoms with E-state index in [1.807, 2.05) is 6.07 Å². The molecule has 0 saturated carbocycles. The summed E-state index contributed by atoms with van der Waals surface area (Å²) in [6.07, 6.45) is 0. The van der Waals surface area contributed by atoms with Gasteiger partial charge in [0.15, 0.2) is 0 Å². The van der Waals surface area contributed by atoms with E-state index in [1.165, 1.54) is 6.92 Å². The minimum Gasteiger partial charge on any atom is -0.380 e. The quantitative estimate of drug-likeness (QED) is 0.831. The summed E-state index contributed by atoms with van der Waals surface area (Å²) in [5.74, 6) is 0. The van der Waals surface area contributed by atoms with Gasteiger partial charge in [-0.3, -0.25) is 0 Å². The Morgan fingerprint density at radius 1 is 1.23 bits per heavy atom. The van der Waals surface area contributed by atoms with Gasteiger partial charge in [-0.25, -0.2) is 4.39 Å². The molecule has 72 valence electrons. The monoisotopic (exact) mass is 310 g/mol. The topological polar surface area (TPSA) is 20.2 Å². The molecule has 0 aliphatic rings. The van der Waals surface area contributed by atoms with Crippen LogP contribution in [0.2, 0.25) is 0 Å². The van der Waals surface area contributed by atoms with Crippen molar-refractivity contribution in [3.8, 4) is 0 Å². The highest BCUT2D eigenvalue weighted by Crippen LogP contribution is 2.45. The van der Waals surface area contributed by atoms with Crippen LogP contribution in [0.3, 0.4) is 0 Å². The summed E-state index contributed by atoms with van der Waals surface area (Å²) in [5, 5.41) is 9.85. The second kappa shape index (κ2) is 3.67. The van der Waals surface area contributed by atoms with Crippen molar-refractivity contribution in [2.75, 3.05) is 0 Å². The van der Waals surface area contributed by atoms with Gasteiger partial charge in [-0.15, -0.1) is 0 Å². The Hall–Kier alpha value is 0.0700. The summed E-state index contributed by atoms with van der Waals surface area (Å²) >= 11 is 5.47. The van der Waals surface area contributed by atoms with E-state index in [4.69, 9.17) is 0 Å². The molecule has 1 unspecified atom stereocenters. The van der Waals surface area contributed by atoms with Crippen LogP contribution in [0.4, 0.5) is 4.39 Å². The Labute approximate surface area is 93.2 Å². The van der Waals surface area contributed by atoms with Gasteiger partial charge >= 0.3 is 0 Å². The fourth-order valence-corrected chi connectivity index (χ4v) is 1.38. The van der Waals surface area contributed by atoms with Gasteiger partial charge < -0.3 is 5.11 Å². The van der Waals surface area contributed by atoms with Crippen molar-refractivity contribution in [2.24, 2.45) is 0 Å². The van der Waals surface area contributed by atoms with E-state index in [1.54, 1.807) is 24.3 Å². The second-order valence-corrected chi connectivity index (χ2v) is 6.19. The van der Waals surface area contributed by atoms with Crippen LogP contribution in [0.25, 0.3) is 0 Å². The molecule has 0 fully saturated rings. The van der Waals surface area contributed by atoms with Crippen LogP contribution in [0.5, 0.6) is 0 Å². The second-order valence-electron chi connectivity index (χ2n) is 2.94. The molecule has 0 heterocycles. The molecule has 0 aromatic heterocycles. The maximum absolute atomic E-state index is 13.4. The first kappa shape index (κ1) is 11.1. The fourth-order valence-electron chi connectivity index (χ4n) is 0.926. The van der Waals surface area contributed by atoms with Gasteiger partial charge in [0.05, 0.1) is 0 Å². The zero-order chi connectivity index (χ0) is 10.1. The van der Waals surface area contributed by atoms with E-state index in [2.05, 4.69) is 31.9 Å². The van der Waals surface area contributed by atoms with Crippen LogP contribution in [-0.4, -0.2) is 8.59 Å². The number of halogens is 3. The minimum atomic E-state index is -2.02. The lowest BCUT2D eigenvalue weighted by molar-refractivity contribution is 0.00518. The largest absolute Gasteiger partial charge is 0.380 e. The highest BCUT2D eigenvalue weighted by Gasteiger charge is 2.45. The van der Waals surface area contributed by atoms with E-state index in [9.17, 15) is 9.50 Å². The molecule has 1 aromatic rings.